The van der Waals surface area contributed by atoms with Crippen LogP contribution >= 0.6 is 11.3 Å². The van der Waals surface area contributed by atoms with E-state index in [0.29, 0.717) is 6.42 Å². The maximum absolute atomic E-state index is 11.9. The lowest BCUT2D eigenvalue weighted by atomic mass is 10.0. The number of nitrogens with one attached hydrogen (secondary N) is 1. The second-order valence-corrected chi connectivity index (χ2v) is 6.19. The van der Waals surface area contributed by atoms with E-state index in [1.807, 2.05) is 32.2 Å². The van der Waals surface area contributed by atoms with E-state index in [9.17, 15) is 9.90 Å². The second-order valence-electron chi connectivity index (χ2n) is 5.18. The molecule has 0 aromatic carbocycles. The van der Waals surface area contributed by atoms with Gasteiger partial charge in [-0.15, -0.1) is 11.3 Å². The zero-order chi connectivity index (χ0) is 12.6. The number of ether oxygens (including phenoxy) is 1. The van der Waals surface area contributed by atoms with Crippen LogP contribution in [0.3, 0.4) is 0 Å². The van der Waals surface area contributed by atoms with Crippen LogP contribution in [0.15, 0.2) is 11.4 Å². The van der Waals surface area contributed by atoms with Gasteiger partial charge in [0, 0.05) is 17.0 Å². The summed E-state index contributed by atoms with van der Waals surface area (Å²) < 4.78 is 5.28. The Morgan fingerprint density at radius 2 is 2.29 bits per heavy atom. The number of esters is 1. The lowest BCUT2D eigenvalue weighted by molar-refractivity contribution is -0.158. The van der Waals surface area contributed by atoms with Gasteiger partial charge in [-0.05, 0) is 32.2 Å². The molecule has 0 spiro atoms. The van der Waals surface area contributed by atoms with Crippen LogP contribution in [-0.4, -0.2) is 28.8 Å². The van der Waals surface area contributed by atoms with E-state index >= 15 is 0 Å². The number of hydrogen-bond acceptors (Lipinski definition) is 5. The summed E-state index contributed by atoms with van der Waals surface area (Å²) in [5.74, 6) is -0.401. The van der Waals surface area contributed by atoms with E-state index in [-0.39, 0.29) is 0 Å². The van der Waals surface area contributed by atoms with Crippen molar-refractivity contribution in [2.45, 2.75) is 44.9 Å². The van der Waals surface area contributed by atoms with Gasteiger partial charge in [-0.3, -0.25) is 0 Å². The Labute approximate surface area is 105 Å². The fraction of sp³-hybridized carbons (Fsp3) is 0.583. The molecular weight excluding hydrogens is 238 g/mol. The predicted molar refractivity (Wildman–Crippen MR) is 67.3 cm³/mol. The molecule has 1 aromatic heterocycles. The Balaban J connectivity index is 2.10. The first kappa shape index (κ1) is 12.4. The highest BCUT2D eigenvalue weighted by atomic mass is 32.1. The Hall–Kier alpha value is -1.07. The summed E-state index contributed by atoms with van der Waals surface area (Å²) in [4.78, 5) is 13.0. The summed E-state index contributed by atoms with van der Waals surface area (Å²) in [6.45, 7) is 5.45. The molecule has 4 nitrogen and oxygen atoms in total. The van der Waals surface area contributed by atoms with Gasteiger partial charge >= 0.3 is 5.97 Å². The Bertz CT molecular complexity index is 422. The number of aliphatic hydroxyl groups excluding tert-OH is 1. The molecule has 0 fully saturated rings. The molecule has 17 heavy (non-hydrogen) atoms. The van der Waals surface area contributed by atoms with Crippen molar-refractivity contribution in [3.8, 4) is 0 Å². The van der Waals surface area contributed by atoms with Gasteiger partial charge in [-0.25, -0.2) is 4.79 Å². The molecule has 0 aliphatic carbocycles. The molecule has 1 aliphatic rings. The number of anilines is 1. The van der Waals surface area contributed by atoms with Gasteiger partial charge in [0.2, 0.25) is 0 Å². The van der Waals surface area contributed by atoms with Gasteiger partial charge in [-0.1, -0.05) is 0 Å². The summed E-state index contributed by atoms with van der Waals surface area (Å²) in [7, 11) is 0. The van der Waals surface area contributed by atoms with Crippen LogP contribution in [0.5, 0.6) is 0 Å². The minimum atomic E-state index is -0.726. The summed E-state index contributed by atoms with van der Waals surface area (Å²) in [6, 6.07) is 1.25. The zero-order valence-corrected chi connectivity index (χ0v) is 11.0. The fourth-order valence-corrected chi connectivity index (χ4v) is 2.67. The molecule has 2 N–H and O–H groups in total. The van der Waals surface area contributed by atoms with Crippen molar-refractivity contribution in [2.75, 3.05) is 5.32 Å². The topological polar surface area (TPSA) is 58.6 Å². The number of rotatable bonds is 1. The van der Waals surface area contributed by atoms with Crippen LogP contribution in [0, 0.1) is 0 Å². The van der Waals surface area contributed by atoms with E-state index in [1.54, 1.807) is 11.3 Å². The summed E-state index contributed by atoms with van der Waals surface area (Å²) in [5.41, 5.74) is 0.393. The maximum Gasteiger partial charge on any atom is 0.331 e. The lowest BCUT2D eigenvalue weighted by Gasteiger charge is -2.30. The highest BCUT2D eigenvalue weighted by Crippen LogP contribution is 2.30. The van der Waals surface area contributed by atoms with Crippen LogP contribution in [0.1, 0.15) is 25.6 Å². The lowest BCUT2D eigenvalue weighted by Crippen LogP contribution is -2.47. The molecule has 1 aliphatic heterocycles. The normalized spacial score (nSPS) is 23.8. The SMILES string of the molecule is CC(C)(C)OC(=O)C1Nc2ccsc2CC1O. The molecular formula is C12H17NO3S. The van der Waals surface area contributed by atoms with Gasteiger partial charge in [0.25, 0.3) is 0 Å². The van der Waals surface area contributed by atoms with Gasteiger partial charge in [0.1, 0.15) is 5.60 Å². The Morgan fingerprint density at radius 1 is 1.59 bits per heavy atom. The minimum absolute atomic E-state index is 0.401. The summed E-state index contributed by atoms with van der Waals surface area (Å²) in [5, 5.41) is 14.9. The Kier molecular flexibility index (Phi) is 3.14. The summed E-state index contributed by atoms with van der Waals surface area (Å²) in [6.07, 6.45) is -0.222. The van der Waals surface area contributed by atoms with Crippen LogP contribution in [0.2, 0.25) is 0 Å². The molecule has 0 amide bonds. The van der Waals surface area contributed by atoms with E-state index in [2.05, 4.69) is 5.32 Å². The molecule has 1 aromatic rings. The number of hydrogen-bond donors (Lipinski definition) is 2. The van der Waals surface area contributed by atoms with Crippen LogP contribution in [0.25, 0.3) is 0 Å². The molecule has 94 valence electrons. The van der Waals surface area contributed by atoms with Crippen molar-refractivity contribution in [1.29, 1.82) is 0 Å². The minimum Gasteiger partial charge on any atom is -0.458 e. The van der Waals surface area contributed by atoms with Gasteiger partial charge in [0.05, 0.1) is 6.10 Å². The molecule has 5 heteroatoms. The smallest absolute Gasteiger partial charge is 0.331 e. The van der Waals surface area contributed by atoms with E-state index < -0.39 is 23.7 Å². The average molecular weight is 255 g/mol. The fourth-order valence-electron chi connectivity index (χ4n) is 1.78. The van der Waals surface area contributed by atoms with E-state index in [4.69, 9.17) is 4.74 Å². The molecule has 0 radical (unpaired) electrons. The number of aliphatic hydroxyl groups is 1. The molecule has 2 heterocycles. The van der Waals surface area contributed by atoms with Crippen LogP contribution < -0.4 is 5.32 Å². The number of fused-ring (bicyclic) bond motifs is 1. The van der Waals surface area contributed by atoms with E-state index in [0.717, 1.165) is 10.6 Å². The first-order valence-electron chi connectivity index (χ1n) is 5.60. The van der Waals surface area contributed by atoms with Crippen molar-refractivity contribution in [1.82, 2.24) is 0 Å². The number of thiophene rings is 1. The summed E-state index contributed by atoms with van der Waals surface area (Å²) >= 11 is 1.58. The average Bonchev–Trinajstić information content (AvgIpc) is 2.60. The van der Waals surface area contributed by atoms with Crippen molar-refractivity contribution in [2.24, 2.45) is 0 Å². The predicted octanol–water partition coefficient (Wildman–Crippen LogP) is 1.79. The first-order chi connectivity index (χ1) is 7.87. The van der Waals surface area contributed by atoms with Crippen molar-refractivity contribution >= 4 is 23.0 Å². The molecule has 2 rings (SSSR count). The Morgan fingerprint density at radius 3 is 2.94 bits per heavy atom. The molecule has 2 atom stereocenters. The molecule has 0 saturated heterocycles. The third kappa shape index (κ3) is 2.79. The maximum atomic E-state index is 11.9. The van der Waals surface area contributed by atoms with Crippen molar-refractivity contribution in [3.63, 3.8) is 0 Å². The first-order valence-corrected chi connectivity index (χ1v) is 6.48. The van der Waals surface area contributed by atoms with Gasteiger partial charge < -0.3 is 15.2 Å². The largest absolute Gasteiger partial charge is 0.458 e. The monoisotopic (exact) mass is 255 g/mol. The quantitative estimate of drug-likeness (QED) is 0.751. The number of carbonyl (C=O) groups is 1. The third-order valence-corrected chi connectivity index (χ3v) is 3.44. The van der Waals surface area contributed by atoms with Crippen molar-refractivity contribution < 1.29 is 14.6 Å². The molecule has 0 bridgehead atoms. The molecule has 2 unspecified atom stereocenters. The highest BCUT2D eigenvalue weighted by Gasteiger charge is 2.35. The number of carbonyl (C=O) groups excluding carboxylic acids is 1. The van der Waals surface area contributed by atoms with Crippen LogP contribution in [0.4, 0.5) is 5.69 Å². The van der Waals surface area contributed by atoms with Crippen LogP contribution in [-0.2, 0) is 16.0 Å². The highest BCUT2D eigenvalue weighted by molar-refractivity contribution is 7.10. The van der Waals surface area contributed by atoms with Gasteiger partial charge in [-0.2, -0.15) is 0 Å². The molecule has 0 saturated carbocycles. The van der Waals surface area contributed by atoms with Gasteiger partial charge in [0.15, 0.2) is 6.04 Å². The third-order valence-electron chi connectivity index (χ3n) is 2.50. The second kappa shape index (κ2) is 4.31. The standard InChI is InChI=1S/C12H17NO3S/c1-12(2,3)16-11(15)10-8(14)6-9-7(13-10)4-5-17-9/h4-5,8,10,13-14H,6H2,1-3H3. The van der Waals surface area contributed by atoms with E-state index in [1.165, 1.54) is 0 Å². The zero-order valence-electron chi connectivity index (χ0n) is 10.2. The van der Waals surface area contributed by atoms with Crippen molar-refractivity contribution in [3.05, 3.63) is 16.3 Å².